The zero-order valence-electron chi connectivity index (χ0n) is 13.7. The molecule has 0 aliphatic carbocycles. The summed E-state index contributed by atoms with van der Waals surface area (Å²) in [6.45, 7) is 5.65. The number of anilines is 3. The molecule has 5 nitrogen and oxygen atoms in total. The van der Waals surface area contributed by atoms with Gasteiger partial charge in [0.05, 0.1) is 0 Å². The van der Waals surface area contributed by atoms with Gasteiger partial charge in [0, 0.05) is 36.1 Å². The maximum Gasteiger partial charge on any atom is 0.229 e. The minimum atomic E-state index is 0.0489. The summed E-state index contributed by atoms with van der Waals surface area (Å²) in [6.07, 6.45) is 3.72. The van der Waals surface area contributed by atoms with Gasteiger partial charge in [-0.1, -0.05) is 12.1 Å². The molecule has 23 heavy (non-hydrogen) atoms. The van der Waals surface area contributed by atoms with Crippen LogP contribution in [0, 0.1) is 6.92 Å². The quantitative estimate of drug-likeness (QED) is 0.872. The van der Waals surface area contributed by atoms with Crippen molar-refractivity contribution in [2.75, 3.05) is 23.3 Å². The number of Topliss-reactive ketones (excluding diaryl/α,β-unsaturated/α-hetero) is 1. The first-order valence-corrected chi connectivity index (χ1v) is 8.10. The molecule has 0 amide bonds. The van der Waals surface area contributed by atoms with Gasteiger partial charge in [0.25, 0.3) is 0 Å². The number of carbonyl (C=O) groups excluding carboxylic acids is 1. The molecule has 3 rings (SSSR count). The van der Waals surface area contributed by atoms with Gasteiger partial charge < -0.3 is 10.2 Å². The summed E-state index contributed by atoms with van der Waals surface area (Å²) >= 11 is 0. The monoisotopic (exact) mass is 310 g/mol. The minimum absolute atomic E-state index is 0.0489. The molecule has 0 unspecified atom stereocenters. The van der Waals surface area contributed by atoms with Crippen molar-refractivity contribution in [3.8, 4) is 0 Å². The molecule has 1 aliphatic rings. The fourth-order valence-electron chi connectivity index (χ4n) is 2.84. The average Bonchev–Trinajstić information content (AvgIpc) is 2.55. The number of hydrogen-bond donors (Lipinski definition) is 1. The van der Waals surface area contributed by atoms with Crippen LogP contribution >= 0.6 is 0 Å². The lowest BCUT2D eigenvalue weighted by Crippen LogP contribution is -2.30. The SMILES string of the molecule is CC(=O)c1cccc(Nc2nc(C)cc(N3CCCCC3)n2)c1. The van der Waals surface area contributed by atoms with Crippen molar-refractivity contribution in [1.29, 1.82) is 0 Å². The molecular formula is C18H22N4O. The van der Waals surface area contributed by atoms with Crippen molar-refractivity contribution in [2.24, 2.45) is 0 Å². The van der Waals surface area contributed by atoms with Crippen LogP contribution < -0.4 is 10.2 Å². The first-order chi connectivity index (χ1) is 11.1. The van der Waals surface area contributed by atoms with Crippen molar-refractivity contribution in [2.45, 2.75) is 33.1 Å². The van der Waals surface area contributed by atoms with E-state index >= 15 is 0 Å². The van der Waals surface area contributed by atoms with Crippen molar-refractivity contribution < 1.29 is 4.79 Å². The van der Waals surface area contributed by atoms with Crippen LogP contribution in [-0.2, 0) is 0 Å². The van der Waals surface area contributed by atoms with Gasteiger partial charge in [-0.3, -0.25) is 4.79 Å². The number of piperidine rings is 1. The fraction of sp³-hybridized carbons (Fsp3) is 0.389. The van der Waals surface area contributed by atoms with Crippen molar-refractivity contribution in [3.63, 3.8) is 0 Å². The number of hydrogen-bond acceptors (Lipinski definition) is 5. The third kappa shape index (κ3) is 3.86. The highest BCUT2D eigenvalue weighted by Gasteiger charge is 2.14. The number of benzene rings is 1. The molecule has 2 heterocycles. The molecule has 0 atom stereocenters. The zero-order valence-corrected chi connectivity index (χ0v) is 13.7. The number of aromatic nitrogens is 2. The van der Waals surface area contributed by atoms with Crippen LogP contribution in [0.4, 0.5) is 17.5 Å². The van der Waals surface area contributed by atoms with Crippen LogP contribution in [0.2, 0.25) is 0 Å². The Morgan fingerprint density at radius 3 is 2.65 bits per heavy atom. The van der Waals surface area contributed by atoms with Gasteiger partial charge in [-0.25, -0.2) is 4.98 Å². The van der Waals surface area contributed by atoms with Crippen molar-refractivity contribution >= 4 is 23.2 Å². The highest BCUT2D eigenvalue weighted by molar-refractivity contribution is 5.95. The van der Waals surface area contributed by atoms with E-state index in [1.165, 1.54) is 19.3 Å². The molecule has 0 spiro atoms. The van der Waals surface area contributed by atoms with Crippen molar-refractivity contribution in [3.05, 3.63) is 41.6 Å². The first kappa shape index (κ1) is 15.5. The number of nitrogens with zero attached hydrogens (tertiary/aromatic N) is 3. The van der Waals surface area contributed by atoms with Crippen LogP contribution in [-0.4, -0.2) is 28.8 Å². The molecule has 1 aliphatic heterocycles. The smallest absolute Gasteiger partial charge is 0.229 e. The van der Waals surface area contributed by atoms with Gasteiger partial charge in [-0.15, -0.1) is 0 Å². The van der Waals surface area contributed by atoms with E-state index in [1.807, 2.05) is 37.3 Å². The number of ketones is 1. The Labute approximate surface area is 136 Å². The number of carbonyl (C=O) groups is 1. The Bertz CT molecular complexity index is 708. The van der Waals surface area contributed by atoms with Crippen LogP contribution in [0.3, 0.4) is 0 Å². The van der Waals surface area contributed by atoms with E-state index < -0.39 is 0 Å². The summed E-state index contributed by atoms with van der Waals surface area (Å²) in [5, 5.41) is 3.22. The van der Waals surface area contributed by atoms with E-state index in [0.29, 0.717) is 11.5 Å². The number of aryl methyl sites for hydroxylation is 1. The standard InChI is InChI=1S/C18H22N4O/c1-13-11-17(22-9-4-3-5-10-22)21-18(19-13)20-16-8-6-7-15(12-16)14(2)23/h6-8,11-12H,3-5,9-10H2,1-2H3,(H,19,20,21). The maximum atomic E-state index is 11.5. The molecule has 5 heteroatoms. The summed E-state index contributed by atoms with van der Waals surface area (Å²) in [6, 6.07) is 9.44. The average molecular weight is 310 g/mol. The topological polar surface area (TPSA) is 58.1 Å². The fourth-order valence-corrected chi connectivity index (χ4v) is 2.84. The lowest BCUT2D eigenvalue weighted by Gasteiger charge is -2.28. The third-order valence-corrected chi connectivity index (χ3v) is 4.05. The summed E-state index contributed by atoms with van der Waals surface area (Å²) in [5.74, 6) is 1.60. The molecule has 2 aromatic rings. The molecule has 0 bridgehead atoms. The Kier molecular flexibility index (Phi) is 4.55. The lowest BCUT2D eigenvalue weighted by atomic mass is 10.1. The summed E-state index contributed by atoms with van der Waals surface area (Å²) in [7, 11) is 0. The molecule has 1 aromatic carbocycles. The van der Waals surface area contributed by atoms with Crippen molar-refractivity contribution in [1.82, 2.24) is 9.97 Å². The molecular weight excluding hydrogens is 288 g/mol. The second-order valence-corrected chi connectivity index (χ2v) is 6.00. The van der Waals surface area contributed by atoms with Gasteiger partial charge in [0.15, 0.2) is 5.78 Å². The summed E-state index contributed by atoms with van der Waals surface area (Å²) in [5.41, 5.74) is 2.44. The van der Waals surface area contributed by atoms with E-state index in [9.17, 15) is 4.79 Å². The summed E-state index contributed by atoms with van der Waals surface area (Å²) < 4.78 is 0. The number of rotatable bonds is 4. The Morgan fingerprint density at radius 2 is 1.91 bits per heavy atom. The van der Waals surface area contributed by atoms with Gasteiger partial charge in [0.2, 0.25) is 5.95 Å². The largest absolute Gasteiger partial charge is 0.356 e. The molecule has 0 radical (unpaired) electrons. The second kappa shape index (κ2) is 6.77. The van der Waals surface area contributed by atoms with Gasteiger partial charge in [-0.2, -0.15) is 4.98 Å². The van der Waals surface area contributed by atoms with Gasteiger partial charge in [0.1, 0.15) is 5.82 Å². The maximum absolute atomic E-state index is 11.5. The van der Waals surface area contributed by atoms with E-state index in [2.05, 4.69) is 20.2 Å². The van der Waals surface area contributed by atoms with E-state index in [0.717, 1.165) is 30.3 Å². The second-order valence-electron chi connectivity index (χ2n) is 6.00. The normalized spacial score (nSPS) is 14.6. The predicted molar refractivity (Wildman–Crippen MR) is 92.6 cm³/mol. The Morgan fingerprint density at radius 1 is 1.13 bits per heavy atom. The number of nitrogens with one attached hydrogen (secondary N) is 1. The molecule has 1 N–H and O–H groups in total. The predicted octanol–water partition coefficient (Wildman–Crippen LogP) is 3.72. The highest BCUT2D eigenvalue weighted by atomic mass is 16.1. The zero-order chi connectivity index (χ0) is 16.2. The van der Waals surface area contributed by atoms with Gasteiger partial charge >= 0.3 is 0 Å². The molecule has 0 saturated carbocycles. The molecule has 1 aromatic heterocycles. The van der Waals surface area contributed by atoms with Crippen LogP contribution in [0.25, 0.3) is 0 Å². The van der Waals surface area contributed by atoms with Crippen LogP contribution in [0.15, 0.2) is 30.3 Å². The van der Waals surface area contributed by atoms with Crippen LogP contribution in [0.5, 0.6) is 0 Å². The highest BCUT2D eigenvalue weighted by Crippen LogP contribution is 2.22. The van der Waals surface area contributed by atoms with Crippen LogP contribution in [0.1, 0.15) is 42.2 Å². The van der Waals surface area contributed by atoms with Gasteiger partial charge in [-0.05, 0) is 45.2 Å². The molecule has 120 valence electrons. The Balaban J connectivity index is 1.83. The minimum Gasteiger partial charge on any atom is -0.356 e. The Hall–Kier alpha value is -2.43. The van der Waals surface area contributed by atoms with E-state index in [4.69, 9.17) is 0 Å². The third-order valence-electron chi connectivity index (χ3n) is 4.05. The molecule has 1 fully saturated rings. The molecule has 1 saturated heterocycles. The summed E-state index contributed by atoms with van der Waals surface area (Å²) in [4.78, 5) is 22.9. The lowest BCUT2D eigenvalue weighted by molar-refractivity contribution is 0.101. The first-order valence-electron chi connectivity index (χ1n) is 8.10. The van der Waals surface area contributed by atoms with E-state index in [1.54, 1.807) is 6.92 Å². The van der Waals surface area contributed by atoms with E-state index in [-0.39, 0.29) is 5.78 Å².